The summed E-state index contributed by atoms with van der Waals surface area (Å²) in [5.74, 6) is 1.14. The van der Waals surface area contributed by atoms with Crippen LogP contribution in [-0.2, 0) is 0 Å². The van der Waals surface area contributed by atoms with E-state index >= 15 is 0 Å². The SMILES string of the molecule is CCCCNc1sc(C(=O)C2CC2)c(N)c1C1CC1. The summed E-state index contributed by atoms with van der Waals surface area (Å²) >= 11 is 1.60. The Kier molecular flexibility index (Phi) is 3.52. The molecule has 3 rings (SSSR count). The Bertz CT molecular complexity index is 487. The van der Waals surface area contributed by atoms with Crippen molar-refractivity contribution in [1.82, 2.24) is 0 Å². The Morgan fingerprint density at radius 1 is 1.37 bits per heavy atom. The normalized spacial score (nSPS) is 18.6. The smallest absolute Gasteiger partial charge is 0.178 e. The van der Waals surface area contributed by atoms with E-state index in [1.54, 1.807) is 11.3 Å². The van der Waals surface area contributed by atoms with Gasteiger partial charge in [0.25, 0.3) is 0 Å². The van der Waals surface area contributed by atoms with Gasteiger partial charge >= 0.3 is 0 Å². The van der Waals surface area contributed by atoms with Crippen LogP contribution in [0.2, 0.25) is 0 Å². The lowest BCUT2D eigenvalue weighted by molar-refractivity contribution is 0.0972. The summed E-state index contributed by atoms with van der Waals surface area (Å²) < 4.78 is 0. The first kappa shape index (κ1) is 13.0. The lowest BCUT2D eigenvalue weighted by Gasteiger charge is -2.06. The van der Waals surface area contributed by atoms with Gasteiger partial charge < -0.3 is 11.1 Å². The molecule has 2 saturated carbocycles. The number of anilines is 2. The van der Waals surface area contributed by atoms with E-state index in [0.717, 1.165) is 41.4 Å². The van der Waals surface area contributed by atoms with Crippen molar-refractivity contribution in [2.45, 2.75) is 51.4 Å². The number of carbonyl (C=O) groups is 1. The Labute approximate surface area is 118 Å². The number of rotatable bonds is 7. The van der Waals surface area contributed by atoms with Crippen LogP contribution in [-0.4, -0.2) is 12.3 Å². The van der Waals surface area contributed by atoms with Crippen molar-refractivity contribution in [3.05, 3.63) is 10.4 Å². The zero-order valence-electron chi connectivity index (χ0n) is 11.5. The van der Waals surface area contributed by atoms with Gasteiger partial charge in [0.15, 0.2) is 5.78 Å². The summed E-state index contributed by atoms with van der Waals surface area (Å²) in [5, 5.41) is 4.66. The largest absolute Gasteiger partial charge is 0.397 e. The predicted molar refractivity (Wildman–Crippen MR) is 81.2 cm³/mol. The third kappa shape index (κ3) is 2.64. The maximum Gasteiger partial charge on any atom is 0.178 e. The van der Waals surface area contributed by atoms with Crippen LogP contribution in [0.4, 0.5) is 10.7 Å². The number of nitrogens with one attached hydrogen (secondary N) is 1. The molecule has 0 unspecified atom stereocenters. The highest BCUT2D eigenvalue weighted by atomic mass is 32.1. The highest BCUT2D eigenvalue weighted by Gasteiger charge is 2.37. The number of unbranched alkanes of at least 4 members (excludes halogenated alkanes) is 1. The van der Waals surface area contributed by atoms with Crippen LogP contribution >= 0.6 is 11.3 Å². The minimum Gasteiger partial charge on any atom is -0.397 e. The highest BCUT2D eigenvalue weighted by Crippen LogP contribution is 2.52. The second-order valence-electron chi connectivity index (χ2n) is 5.78. The van der Waals surface area contributed by atoms with E-state index in [0.29, 0.717) is 5.92 Å². The Morgan fingerprint density at radius 3 is 2.68 bits per heavy atom. The Balaban J connectivity index is 1.84. The van der Waals surface area contributed by atoms with Crippen molar-refractivity contribution in [2.24, 2.45) is 5.92 Å². The molecule has 0 spiro atoms. The van der Waals surface area contributed by atoms with Crippen LogP contribution in [0.5, 0.6) is 0 Å². The second-order valence-corrected chi connectivity index (χ2v) is 6.80. The molecule has 2 aliphatic carbocycles. The molecule has 1 heterocycles. The first-order valence-electron chi connectivity index (χ1n) is 7.42. The molecule has 0 bridgehead atoms. The van der Waals surface area contributed by atoms with Gasteiger partial charge in [0.2, 0.25) is 0 Å². The lowest BCUT2D eigenvalue weighted by Crippen LogP contribution is -2.03. The van der Waals surface area contributed by atoms with E-state index in [1.807, 2.05) is 0 Å². The van der Waals surface area contributed by atoms with Gasteiger partial charge in [0, 0.05) is 18.0 Å². The molecule has 0 aromatic carbocycles. The molecule has 0 atom stereocenters. The van der Waals surface area contributed by atoms with Gasteiger partial charge in [0.1, 0.15) is 0 Å². The first-order valence-corrected chi connectivity index (χ1v) is 8.24. The lowest BCUT2D eigenvalue weighted by atomic mass is 10.1. The third-order valence-electron chi connectivity index (χ3n) is 3.96. The molecule has 1 aromatic rings. The van der Waals surface area contributed by atoms with E-state index in [9.17, 15) is 4.79 Å². The van der Waals surface area contributed by atoms with E-state index in [1.165, 1.54) is 24.8 Å². The average molecular weight is 278 g/mol. The highest BCUT2D eigenvalue weighted by molar-refractivity contribution is 7.18. The Hall–Kier alpha value is -1.03. The molecule has 0 saturated heterocycles. The number of nitrogens with two attached hydrogens (primary N) is 1. The van der Waals surface area contributed by atoms with Crippen molar-refractivity contribution in [1.29, 1.82) is 0 Å². The van der Waals surface area contributed by atoms with E-state index in [4.69, 9.17) is 5.73 Å². The van der Waals surface area contributed by atoms with Gasteiger partial charge in [-0.15, -0.1) is 11.3 Å². The Morgan fingerprint density at radius 2 is 2.11 bits per heavy atom. The molecule has 104 valence electrons. The number of ketones is 1. The molecule has 4 heteroatoms. The van der Waals surface area contributed by atoms with E-state index in [2.05, 4.69) is 12.2 Å². The molecule has 0 radical (unpaired) electrons. The average Bonchev–Trinajstić information content (AvgIpc) is 3.27. The van der Waals surface area contributed by atoms with Crippen molar-refractivity contribution in [3.8, 4) is 0 Å². The van der Waals surface area contributed by atoms with Crippen LogP contribution < -0.4 is 11.1 Å². The molecule has 19 heavy (non-hydrogen) atoms. The molecule has 0 amide bonds. The van der Waals surface area contributed by atoms with Gasteiger partial charge in [-0.05, 0) is 38.0 Å². The molecule has 3 N–H and O–H groups in total. The maximum atomic E-state index is 12.3. The molecule has 1 aromatic heterocycles. The quantitative estimate of drug-likeness (QED) is 0.585. The summed E-state index contributed by atoms with van der Waals surface area (Å²) in [6, 6.07) is 0. The summed E-state index contributed by atoms with van der Waals surface area (Å²) in [7, 11) is 0. The van der Waals surface area contributed by atoms with Crippen LogP contribution in [0.15, 0.2) is 0 Å². The molecular formula is C15H22N2OS. The number of Topliss-reactive ketones (excluding diaryl/α,β-unsaturated/α-hetero) is 1. The van der Waals surface area contributed by atoms with Crippen LogP contribution in [0.25, 0.3) is 0 Å². The molecule has 3 nitrogen and oxygen atoms in total. The number of nitrogen functional groups attached to an aromatic ring is 1. The topological polar surface area (TPSA) is 55.1 Å². The van der Waals surface area contributed by atoms with E-state index in [-0.39, 0.29) is 11.7 Å². The minimum atomic E-state index is 0.261. The van der Waals surface area contributed by atoms with Crippen LogP contribution in [0.3, 0.4) is 0 Å². The third-order valence-corrected chi connectivity index (χ3v) is 5.15. The van der Waals surface area contributed by atoms with Gasteiger partial charge in [-0.2, -0.15) is 0 Å². The fourth-order valence-corrected chi connectivity index (χ4v) is 3.71. The number of carbonyl (C=O) groups excluding carboxylic acids is 1. The van der Waals surface area contributed by atoms with Crippen molar-refractivity contribution in [3.63, 3.8) is 0 Å². The summed E-state index contributed by atoms with van der Waals surface area (Å²) in [4.78, 5) is 13.1. The van der Waals surface area contributed by atoms with Crippen molar-refractivity contribution < 1.29 is 4.79 Å². The van der Waals surface area contributed by atoms with E-state index < -0.39 is 0 Å². The maximum absolute atomic E-state index is 12.3. The fraction of sp³-hybridized carbons (Fsp3) is 0.667. The van der Waals surface area contributed by atoms with Gasteiger partial charge in [0.05, 0.1) is 15.6 Å². The van der Waals surface area contributed by atoms with Crippen molar-refractivity contribution in [2.75, 3.05) is 17.6 Å². The van der Waals surface area contributed by atoms with Crippen molar-refractivity contribution >= 4 is 27.8 Å². The first-order chi connectivity index (χ1) is 9.22. The van der Waals surface area contributed by atoms with Gasteiger partial charge in [-0.1, -0.05) is 13.3 Å². The molecular weight excluding hydrogens is 256 g/mol. The number of thiophene rings is 1. The minimum absolute atomic E-state index is 0.261. The predicted octanol–water partition coefficient (Wildman–Crippen LogP) is 4.01. The zero-order chi connectivity index (χ0) is 13.4. The second kappa shape index (κ2) is 5.16. The van der Waals surface area contributed by atoms with Gasteiger partial charge in [-0.25, -0.2) is 0 Å². The molecule has 2 fully saturated rings. The standard InChI is InChI=1S/C15H22N2OS/c1-2-3-8-17-15-11(9-4-5-9)12(16)14(19-15)13(18)10-6-7-10/h9-10,17H,2-8,16H2,1H3. The molecule has 2 aliphatic rings. The fourth-order valence-electron chi connectivity index (χ4n) is 2.46. The summed E-state index contributed by atoms with van der Waals surface area (Å²) in [6.45, 7) is 3.17. The van der Waals surface area contributed by atoms with Gasteiger partial charge in [-0.3, -0.25) is 4.79 Å². The summed E-state index contributed by atoms with van der Waals surface area (Å²) in [6.07, 6.45) is 6.89. The van der Waals surface area contributed by atoms with Crippen LogP contribution in [0.1, 0.15) is 66.6 Å². The van der Waals surface area contributed by atoms with Crippen LogP contribution in [0, 0.1) is 5.92 Å². The molecule has 0 aliphatic heterocycles. The number of hydrogen-bond donors (Lipinski definition) is 2. The summed E-state index contributed by atoms with van der Waals surface area (Å²) in [5.41, 5.74) is 8.29. The number of hydrogen-bond acceptors (Lipinski definition) is 4. The monoisotopic (exact) mass is 278 g/mol. The zero-order valence-corrected chi connectivity index (χ0v) is 12.3.